The van der Waals surface area contributed by atoms with E-state index in [2.05, 4.69) is 10.6 Å². The minimum Gasteiger partial charge on any atom is -0.484 e. The van der Waals surface area contributed by atoms with E-state index in [0.717, 1.165) is 22.3 Å². The van der Waals surface area contributed by atoms with Crippen LogP contribution in [0.2, 0.25) is 0 Å². The molecular weight excluding hydrogens is 452 g/mol. The third-order valence-corrected chi connectivity index (χ3v) is 5.54. The van der Waals surface area contributed by atoms with Crippen LogP contribution in [0.15, 0.2) is 97.1 Å². The van der Waals surface area contributed by atoms with E-state index < -0.39 is 0 Å². The van der Waals surface area contributed by atoms with E-state index in [1.807, 2.05) is 111 Å². The fourth-order valence-corrected chi connectivity index (χ4v) is 3.81. The number of benzene rings is 4. The number of hydrogen-bond donors (Lipinski definition) is 2. The third-order valence-electron chi connectivity index (χ3n) is 5.54. The van der Waals surface area contributed by atoms with Gasteiger partial charge in [0.2, 0.25) is 0 Å². The Kier molecular flexibility index (Phi) is 7.98. The van der Waals surface area contributed by atoms with Crippen molar-refractivity contribution >= 4 is 23.2 Å². The topological polar surface area (TPSA) is 76.7 Å². The van der Waals surface area contributed by atoms with Crippen molar-refractivity contribution in [1.82, 2.24) is 0 Å². The Morgan fingerprint density at radius 3 is 1.33 bits per heavy atom. The Morgan fingerprint density at radius 1 is 0.583 bits per heavy atom. The van der Waals surface area contributed by atoms with Gasteiger partial charge >= 0.3 is 0 Å². The molecule has 6 heteroatoms. The average molecular weight is 481 g/mol. The molecule has 0 aliphatic rings. The highest BCUT2D eigenvalue weighted by Gasteiger charge is 2.11. The molecule has 0 radical (unpaired) electrons. The van der Waals surface area contributed by atoms with Gasteiger partial charge in [-0.25, -0.2) is 0 Å². The number of hydrogen-bond acceptors (Lipinski definition) is 4. The number of carbonyl (C=O) groups is 2. The molecule has 6 nitrogen and oxygen atoms in total. The van der Waals surface area contributed by atoms with Crippen molar-refractivity contribution < 1.29 is 19.1 Å². The number of para-hydroxylation sites is 2. The van der Waals surface area contributed by atoms with Crippen LogP contribution < -0.4 is 20.1 Å². The first-order valence-corrected chi connectivity index (χ1v) is 11.6. The first-order valence-electron chi connectivity index (χ1n) is 11.6. The van der Waals surface area contributed by atoms with E-state index in [9.17, 15) is 9.59 Å². The van der Waals surface area contributed by atoms with Crippen LogP contribution in [0.25, 0.3) is 11.1 Å². The Hall–Kier alpha value is -4.58. The number of aryl methyl sites for hydroxylation is 2. The number of rotatable bonds is 9. The second kappa shape index (κ2) is 11.7. The van der Waals surface area contributed by atoms with Gasteiger partial charge in [0.1, 0.15) is 11.5 Å². The van der Waals surface area contributed by atoms with Gasteiger partial charge in [-0.2, -0.15) is 0 Å². The quantitative estimate of drug-likeness (QED) is 0.308. The summed E-state index contributed by atoms with van der Waals surface area (Å²) in [4.78, 5) is 24.6. The van der Waals surface area contributed by atoms with Gasteiger partial charge in [0.15, 0.2) is 13.2 Å². The lowest BCUT2D eigenvalue weighted by Crippen LogP contribution is -2.20. The first kappa shape index (κ1) is 24.5. The summed E-state index contributed by atoms with van der Waals surface area (Å²) >= 11 is 0. The van der Waals surface area contributed by atoms with E-state index in [1.165, 1.54) is 0 Å². The summed E-state index contributed by atoms with van der Waals surface area (Å²) in [7, 11) is 0. The smallest absolute Gasteiger partial charge is 0.262 e. The second-order valence-electron chi connectivity index (χ2n) is 8.36. The van der Waals surface area contributed by atoms with Crippen LogP contribution >= 0.6 is 0 Å². The van der Waals surface area contributed by atoms with E-state index in [1.54, 1.807) is 0 Å². The van der Waals surface area contributed by atoms with E-state index >= 15 is 0 Å². The fraction of sp³-hybridized carbons (Fsp3) is 0.133. The maximum absolute atomic E-state index is 12.3. The van der Waals surface area contributed by atoms with Crippen molar-refractivity contribution in [1.29, 1.82) is 0 Å². The molecule has 36 heavy (non-hydrogen) atoms. The van der Waals surface area contributed by atoms with Gasteiger partial charge in [-0.05, 0) is 84.6 Å². The molecule has 4 aromatic rings. The number of nitrogens with one attached hydrogen (secondary N) is 2. The van der Waals surface area contributed by atoms with Crippen LogP contribution in [0.5, 0.6) is 11.5 Å². The molecule has 0 saturated carbocycles. The molecular formula is C30H28N2O4. The van der Waals surface area contributed by atoms with Crippen LogP contribution in [0.4, 0.5) is 11.4 Å². The zero-order valence-electron chi connectivity index (χ0n) is 20.3. The largest absolute Gasteiger partial charge is 0.484 e. The second-order valence-corrected chi connectivity index (χ2v) is 8.36. The summed E-state index contributed by atoms with van der Waals surface area (Å²) in [6.07, 6.45) is 0. The van der Waals surface area contributed by atoms with Gasteiger partial charge in [-0.15, -0.1) is 0 Å². The van der Waals surface area contributed by atoms with Gasteiger partial charge in [0, 0.05) is 11.4 Å². The highest BCUT2D eigenvalue weighted by Crippen LogP contribution is 2.30. The zero-order chi connectivity index (χ0) is 25.3. The van der Waals surface area contributed by atoms with Crippen LogP contribution in [0, 0.1) is 13.8 Å². The Bertz CT molecular complexity index is 1230. The molecule has 4 rings (SSSR count). The van der Waals surface area contributed by atoms with Gasteiger partial charge in [0.25, 0.3) is 11.8 Å². The van der Waals surface area contributed by atoms with Crippen LogP contribution in [-0.2, 0) is 9.59 Å². The predicted molar refractivity (Wildman–Crippen MR) is 142 cm³/mol. The highest BCUT2D eigenvalue weighted by atomic mass is 16.5. The van der Waals surface area contributed by atoms with Crippen molar-refractivity contribution in [2.75, 3.05) is 23.8 Å². The van der Waals surface area contributed by atoms with Crippen LogP contribution in [0.3, 0.4) is 0 Å². The fourth-order valence-electron chi connectivity index (χ4n) is 3.81. The minimum absolute atomic E-state index is 0.0620. The molecule has 0 unspecified atom stereocenters. The van der Waals surface area contributed by atoms with Gasteiger partial charge in [0.05, 0.1) is 0 Å². The molecule has 0 saturated heterocycles. The van der Waals surface area contributed by atoms with E-state index in [-0.39, 0.29) is 25.0 Å². The summed E-state index contributed by atoms with van der Waals surface area (Å²) in [5.74, 6) is 0.855. The van der Waals surface area contributed by atoms with E-state index in [0.29, 0.717) is 22.9 Å². The van der Waals surface area contributed by atoms with Gasteiger partial charge in [-0.3, -0.25) is 9.59 Å². The number of amides is 2. The Morgan fingerprint density at radius 2 is 0.972 bits per heavy atom. The summed E-state index contributed by atoms with van der Waals surface area (Å²) in [6.45, 7) is 3.88. The highest BCUT2D eigenvalue weighted by molar-refractivity contribution is 5.93. The molecule has 0 atom stereocenters. The molecule has 0 aliphatic carbocycles. The number of ether oxygens (including phenoxy) is 2. The molecule has 0 aliphatic heterocycles. The van der Waals surface area contributed by atoms with Gasteiger partial charge in [-0.1, -0.05) is 48.5 Å². The summed E-state index contributed by atoms with van der Waals surface area (Å²) in [5, 5.41) is 5.75. The molecule has 182 valence electrons. The Labute approximate surface area is 210 Å². The predicted octanol–water partition coefficient (Wildman–Crippen LogP) is 6.01. The van der Waals surface area contributed by atoms with Crippen molar-refractivity contribution in [3.05, 3.63) is 108 Å². The standard InChI is InChI=1S/C30H28N2O4/c1-21-17-23(31-29(33)19-35-25-9-5-3-6-10-25)13-15-27(21)28-16-14-24(18-22(28)2)32-30(34)20-36-26-11-7-4-8-12-26/h3-18H,19-20H2,1-2H3,(H,31,33)(H,32,34). The monoisotopic (exact) mass is 480 g/mol. The average Bonchev–Trinajstić information content (AvgIpc) is 2.88. The molecule has 0 heterocycles. The van der Waals surface area contributed by atoms with Gasteiger partial charge < -0.3 is 20.1 Å². The third kappa shape index (κ3) is 6.73. The summed E-state index contributed by atoms with van der Waals surface area (Å²) in [6, 6.07) is 30.0. The van der Waals surface area contributed by atoms with E-state index in [4.69, 9.17) is 9.47 Å². The van der Waals surface area contributed by atoms with Crippen molar-refractivity contribution in [2.45, 2.75) is 13.8 Å². The van der Waals surface area contributed by atoms with Crippen molar-refractivity contribution in [3.63, 3.8) is 0 Å². The minimum atomic E-state index is -0.224. The van der Waals surface area contributed by atoms with Crippen molar-refractivity contribution in [3.8, 4) is 22.6 Å². The number of anilines is 2. The lowest BCUT2D eigenvalue weighted by atomic mass is 9.96. The molecule has 2 N–H and O–H groups in total. The summed E-state index contributed by atoms with van der Waals surface area (Å²) in [5.41, 5.74) is 5.56. The normalized spacial score (nSPS) is 10.4. The first-order chi connectivity index (χ1) is 17.5. The lowest BCUT2D eigenvalue weighted by molar-refractivity contribution is -0.118. The van der Waals surface area contributed by atoms with Crippen LogP contribution in [-0.4, -0.2) is 25.0 Å². The molecule has 0 aromatic heterocycles. The maximum atomic E-state index is 12.3. The van der Waals surface area contributed by atoms with Crippen molar-refractivity contribution in [2.24, 2.45) is 0 Å². The molecule has 2 amide bonds. The Balaban J connectivity index is 1.35. The number of carbonyl (C=O) groups excluding carboxylic acids is 2. The van der Waals surface area contributed by atoms with Crippen LogP contribution in [0.1, 0.15) is 11.1 Å². The zero-order valence-corrected chi connectivity index (χ0v) is 20.3. The summed E-state index contributed by atoms with van der Waals surface area (Å²) < 4.78 is 11.0. The molecule has 4 aromatic carbocycles. The SMILES string of the molecule is Cc1cc(NC(=O)COc2ccccc2)ccc1-c1ccc(NC(=O)COc2ccccc2)cc1C. The lowest BCUT2D eigenvalue weighted by Gasteiger charge is -2.14. The maximum Gasteiger partial charge on any atom is 0.262 e. The molecule has 0 bridgehead atoms. The molecule has 0 spiro atoms. The molecule has 0 fully saturated rings.